The van der Waals surface area contributed by atoms with Gasteiger partial charge in [0.1, 0.15) is 11.2 Å². The van der Waals surface area contributed by atoms with E-state index in [0.29, 0.717) is 10.4 Å². The topological polar surface area (TPSA) is 117 Å². The van der Waals surface area contributed by atoms with Crippen molar-refractivity contribution >= 4 is 34.2 Å². The largest absolute Gasteiger partial charge is 0.481 e. The molecule has 192 valence electrons. The minimum absolute atomic E-state index is 0.0799. The van der Waals surface area contributed by atoms with Gasteiger partial charge in [0.2, 0.25) is 0 Å². The summed E-state index contributed by atoms with van der Waals surface area (Å²) < 4.78 is 28.0. The van der Waals surface area contributed by atoms with Crippen LogP contribution in [0.15, 0.2) is 78.0 Å². The van der Waals surface area contributed by atoms with E-state index in [-0.39, 0.29) is 12.1 Å². The van der Waals surface area contributed by atoms with Crippen molar-refractivity contribution in [2.45, 2.75) is 19.0 Å². The van der Waals surface area contributed by atoms with E-state index in [9.17, 15) is 28.3 Å². The summed E-state index contributed by atoms with van der Waals surface area (Å²) in [6, 6.07) is 12.5. The molecule has 0 saturated heterocycles. The number of hydrogen-bond acceptors (Lipinski definition) is 5. The standard InChI is InChI=1S/C27H20F2N4O4S/c28-19-6-5-15(11-20(19)29)14-33-10-2-4-17(27(33)37)26(36)32-21(12-24(34)35)23-8-7-22(38-23)18-13-31-25-16(18)3-1-9-30-25/h1-11,13,21H,12,14H2,(H,30,31)(H,32,36)(H,34,35)/t21-/m1/s1. The molecule has 38 heavy (non-hydrogen) atoms. The van der Waals surface area contributed by atoms with Crippen molar-refractivity contribution in [3.8, 4) is 10.4 Å². The Labute approximate surface area is 218 Å². The molecule has 1 atom stereocenters. The molecule has 4 aromatic heterocycles. The number of nitrogens with one attached hydrogen (secondary N) is 2. The van der Waals surface area contributed by atoms with Gasteiger partial charge in [-0.15, -0.1) is 11.3 Å². The quantitative estimate of drug-likeness (QED) is 0.266. The van der Waals surface area contributed by atoms with Crippen molar-refractivity contribution in [1.82, 2.24) is 19.9 Å². The predicted octanol–water partition coefficient (Wildman–Crippen LogP) is 4.73. The van der Waals surface area contributed by atoms with Crippen LogP contribution >= 0.6 is 11.3 Å². The number of aromatic amines is 1. The van der Waals surface area contributed by atoms with Gasteiger partial charge in [0.25, 0.3) is 11.5 Å². The number of aliphatic carboxylic acids is 1. The summed E-state index contributed by atoms with van der Waals surface area (Å²) in [4.78, 5) is 46.6. The fraction of sp³-hybridized carbons (Fsp3) is 0.111. The maximum absolute atomic E-state index is 13.6. The van der Waals surface area contributed by atoms with E-state index in [2.05, 4.69) is 15.3 Å². The lowest BCUT2D eigenvalue weighted by molar-refractivity contribution is -0.137. The number of nitrogens with zero attached hydrogens (tertiary/aromatic N) is 2. The van der Waals surface area contributed by atoms with Crippen LogP contribution in [-0.2, 0) is 11.3 Å². The number of carboxylic acid groups (broad SMARTS) is 1. The molecule has 1 aromatic carbocycles. The van der Waals surface area contributed by atoms with E-state index in [4.69, 9.17) is 0 Å². The Morgan fingerprint density at radius 1 is 1.11 bits per heavy atom. The van der Waals surface area contributed by atoms with Crippen LogP contribution in [0, 0.1) is 11.6 Å². The lowest BCUT2D eigenvalue weighted by Crippen LogP contribution is -2.35. The smallest absolute Gasteiger partial charge is 0.305 e. The molecule has 0 aliphatic rings. The molecule has 8 nitrogen and oxygen atoms in total. The lowest BCUT2D eigenvalue weighted by atomic mass is 10.1. The highest BCUT2D eigenvalue weighted by Crippen LogP contribution is 2.36. The number of benzene rings is 1. The van der Waals surface area contributed by atoms with Gasteiger partial charge in [-0.05, 0) is 54.1 Å². The normalized spacial score (nSPS) is 11.9. The number of thiophene rings is 1. The number of pyridine rings is 2. The van der Waals surface area contributed by atoms with Crippen LogP contribution in [0.3, 0.4) is 0 Å². The number of hydrogen-bond donors (Lipinski definition) is 3. The first-order valence-corrected chi connectivity index (χ1v) is 12.3. The van der Waals surface area contributed by atoms with Crippen LogP contribution in [0.5, 0.6) is 0 Å². The molecule has 0 bridgehead atoms. The Kier molecular flexibility index (Phi) is 6.84. The Bertz CT molecular complexity index is 1730. The van der Waals surface area contributed by atoms with Crippen molar-refractivity contribution in [3.05, 3.63) is 111 Å². The second kappa shape index (κ2) is 10.4. The molecule has 5 rings (SSSR count). The molecule has 1 amide bonds. The van der Waals surface area contributed by atoms with Crippen LogP contribution in [-0.4, -0.2) is 31.5 Å². The SMILES string of the molecule is O=C(O)C[C@@H](NC(=O)c1cccn(Cc2ccc(F)c(F)c2)c1=O)c1ccc(-c2c[nH]c3ncccc23)s1. The van der Waals surface area contributed by atoms with Gasteiger partial charge in [0.05, 0.1) is 19.0 Å². The van der Waals surface area contributed by atoms with Crippen molar-refractivity contribution < 1.29 is 23.5 Å². The second-order valence-corrected chi connectivity index (χ2v) is 9.65. The Morgan fingerprint density at radius 2 is 1.95 bits per heavy atom. The van der Waals surface area contributed by atoms with E-state index >= 15 is 0 Å². The number of carbonyl (C=O) groups is 2. The predicted molar refractivity (Wildman–Crippen MR) is 138 cm³/mol. The number of carbonyl (C=O) groups excluding carboxylic acids is 1. The van der Waals surface area contributed by atoms with Gasteiger partial charge < -0.3 is 20.0 Å². The van der Waals surface area contributed by atoms with Crippen LogP contribution in [0.1, 0.15) is 33.3 Å². The van der Waals surface area contributed by atoms with Crippen molar-refractivity contribution in [2.75, 3.05) is 0 Å². The summed E-state index contributed by atoms with van der Waals surface area (Å²) in [7, 11) is 0. The van der Waals surface area contributed by atoms with E-state index in [1.165, 1.54) is 40.3 Å². The van der Waals surface area contributed by atoms with Gasteiger partial charge >= 0.3 is 5.97 Å². The molecule has 5 aromatic rings. The highest BCUT2D eigenvalue weighted by atomic mass is 32.1. The zero-order valence-electron chi connectivity index (χ0n) is 19.7. The summed E-state index contributed by atoms with van der Waals surface area (Å²) in [6.07, 6.45) is 4.53. The van der Waals surface area contributed by atoms with Gasteiger partial charge in [-0.3, -0.25) is 14.4 Å². The van der Waals surface area contributed by atoms with Crippen molar-refractivity contribution in [3.63, 3.8) is 0 Å². The number of amides is 1. The third-order valence-corrected chi connectivity index (χ3v) is 7.20. The summed E-state index contributed by atoms with van der Waals surface area (Å²) >= 11 is 1.33. The zero-order chi connectivity index (χ0) is 26.8. The molecule has 0 aliphatic carbocycles. The number of halogens is 2. The van der Waals surface area contributed by atoms with Gasteiger partial charge in [0.15, 0.2) is 11.6 Å². The molecule has 0 radical (unpaired) electrons. The minimum atomic E-state index is -1.12. The number of fused-ring (bicyclic) bond motifs is 1. The fourth-order valence-electron chi connectivity index (χ4n) is 4.15. The highest BCUT2D eigenvalue weighted by molar-refractivity contribution is 7.15. The zero-order valence-corrected chi connectivity index (χ0v) is 20.5. The highest BCUT2D eigenvalue weighted by Gasteiger charge is 2.23. The lowest BCUT2D eigenvalue weighted by Gasteiger charge is -2.16. The van der Waals surface area contributed by atoms with Crippen molar-refractivity contribution in [1.29, 1.82) is 0 Å². The van der Waals surface area contributed by atoms with Crippen LogP contribution in [0.4, 0.5) is 8.78 Å². The molecule has 0 aliphatic heterocycles. The van der Waals surface area contributed by atoms with Crippen LogP contribution in [0.2, 0.25) is 0 Å². The fourth-order valence-corrected chi connectivity index (χ4v) is 5.24. The Balaban J connectivity index is 1.40. The third kappa shape index (κ3) is 5.09. The Hall–Kier alpha value is -4.64. The summed E-state index contributed by atoms with van der Waals surface area (Å²) in [6.45, 7) is -0.0799. The minimum Gasteiger partial charge on any atom is -0.481 e. The number of carboxylic acids is 1. The molecule has 4 heterocycles. The van der Waals surface area contributed by atoms with Crippen molar-refractivity contribution in [2.24, 2.45) is 0 Å². The summed E-state index contributed by atoms with van der Waals surface area (Å²) in [5, 5.41) is 13.1. The first-order valence-electron chi connectivity index (χ1n) is 11.5. The molecule has 11 heteroatoms. The van der Waals surface area contributed by atoms with E-state index in [0.717, 1.165) is 33.6 Å². The number of rotatable bonds is 8. The van der Waals surface area contributed by atoms with Gasteiger partial charge in [0, 0.05) is 39.3 Å². The monoisotopic (exact) mass is 534 g/mol. The molecular weight excluding hydrogens is 514 g/mol. The molecule has 0 fully saturated rings. The van der Waals surface area contributed by atoms with Gasteiger partial charge in [-0.1, -0.05) is 6.07 Å². The first kappa shape index (κ1) is 25.0. The van der Waals surface area contributed by atoms with Crippen LogP contribution < -0.4 is 10.9 Å². The third-order valence-electron chi connectivity index (χ3n) is 5.97. The number of H-pyrrole nitrogens is 1. The van der Waals surface area contributed by atoms with Gasteiger partial charge in [-0.2, -0.15) is 0 Å². The first-order chi connectivity index (χ1) is 18.3. The second-order valence-electron chi connectivity index (χ2n) is 8.53. The maximum Gasteiger partial charge on any atom is 0.305 e. The van der Waals surface area contributed by atoms with E-state index in [1.807, 2.05) is 24.4 Å². The van der Waals surface area contributed by atoms with E-state index in [1.54, 1.807) is 12.3 Å². The summed E-state index contributed by atoms with van der Waals surface area (Å²) in [5.74, 6) is -3.91. The average molecular weight is 535 g/mol. The van der Waals surface area contributed by atoms with E-state index < -0.39 is 41.5 Å². The molecule has 0 spiro atoms. The average Bonchev–Trinajstić information content (AvgIpc) is 3.54. The molecule has 3 N–H and O–H groups in total. The Morgan fingerprint density at radius 3 is 2.74 bits per heavy atom. The van der Waals surface area contributed by atoms with Gasteiger partial charge in [-0.25, -0.2) is 13.8 Å². The maximum atomic E-state index is 13.6. The number of aromatic nitrogens is 3. The van der Waals surface area contributed by atoms with Crippen LogP contribution in [0.25, 0.3) is 21.5 Å². The summed E-state index contributed by atoms with van der Waals surface area (Å²) in [5.41, 5.74) is 1.10. The molecule has 0 unspecified atom stereocenters. The molecule has 0 saturated carbocycles. The molecular formula is C27H20F2N4O4S.